The summed E-state index contributed by atoms with van der Waals surface area (Å²) >= 11 is 0. The molecule has 8 heteroatoms. The van der Waals surface area contributed by atoms with Crippen LogP contribution < -0.4 is 15.7 Å². The molecule has 30 heavy (non-hydrogen) atoms. The van der Waals surface area contributed by atoms with Crippen LogP contribution in [0.5, 0.6) is 11.6 Å². The van der Waals surface area contributed by atoms with Gasteiger partial charge in [0, 0.05) is 18.9 Å². The monoisotopic (exact) mass is 407 g/mol. The highest BCUT2D eigenvalue weighted by atomic mass is 16.5. The summed E-state index contributed by atoms with van der Waals surface area (Å²) < 4.78 is 8.26. The van der Waals surface area contributed by atoms with Gasteiger partial charge in [-0.05, 0) is 51.2 Å². The minimum absolute atomic E-state index is 0.149. The van der Waals surface area contributed by atoms with E-state index < -0.39 is 5.69 Å². The van der Waals surface area contributed by atoms with Crippen LogP contribution >= 0.6 is 0 Å². The molecule has 1 aromatic carbocycles. The lowest BCUT2D eigenvalue weighted by Gasteiger charge is -2.12. The molecule has 1 amide bonds. The average Bonchev–Trinajstić information content (AvgIpc) is 3.07. The summed E-state index contributed by atoms with van der Waals surface area (Å²) in [5, 5.41) is 7.15. The lowest BCUT2D eigenvalue weighted by atomic mass is 9.97. The number of hydrogen-bond acceptors (Lipinski definition) is 5. The Morgan fingerprint density at radius 1 is 1.23 bits per heavy atom. The smallest absolute Gasteiger partial charge is 0.351 e. The van der Waals surface area contributed by atoms with Gasteiger partial charge in [0.15, 0.2) is 0 Å². The number of aryl methyl sites for hydroxylation is 1. The first-order valence-corrected chi connectivity index (χ1v) is 10.2. The predicted octanol–water partition coefficient (Wildman–Crippen LogP) is 3.00. The molecule has 2 heterocycles. The van der Waals surface area contributed by atoms with Gasteiger partial charge >= 0.3 is 5.69 Å². The number of fused-ring (bicyclic) bond motifs is 1. The summed E-state index contributed by atoms with van der Waals surface area (Å²) in [6.45, 7) is 2.40. The molecule has 1 aliphatic carbocycles. The van der Waals surface area contributed by atoms with Crippen molar-refractivity contribution in [2.45, 2.75) is 45.6 Å². The number of carbonyl (C=O) groups excluding carboxylic acids is 1. The number of aromatic nitrogens is 4. The Labute approximate surface area is 174 Å². The predicted molar refractivity (Wildman–Crippen MR) is 113 cm³/mol. The largest absolute Gasteiger partial charge is 0.436 e. The maximum absolute atomic E-state index is 12.6. The molecular formula is C22H25N5O3. The fourth-order valence-electron chi connectivity index (χ4n) is 3.50. The third-order valence-electron chi connectivity index (χ3n) is 5.15. The van der Waals surface area contributed by atoms with E-state index in [0.717, 1.165) is 29.5 Å². The number of nitrogens with zero attached hydrogens (tertiary/aromatic N) is 4. The minimum Gasteiger partial charge on any atom is -0.436 e. The summed E-state index contributed by atoms with van der Waals surface area (Å²) in [6, 6.07) is 7.50. The van der Waals surface area contributed by atoms with Gasteiger partial charge < -0.3 is 10.1 Å². The Kier molecular flexibility index (Phi) is 5.92. The molecule has 3 aromatic rings. The second kappa shape index (κ2) is 8.94. The number of hydrogen-bond donors (Lipinski definition) is 1. The van der Waals surface area contributed by atoms with E-state index in [1.807, 2.05) is 31.2 Å². The molecule has 0 aliphatic heterocycles. The molecule has 1 N–H and O–H groups in total. The average molecular weight is 407 g/mol. The van der Waals surface area contributed by atoms with Gasteiger partial charge in [0.05, 0.1) is 0 Å². The van der Waals surface area contributed by atoms with Gasteiger partial charge in [-0.25, -0.2) is 18.9 Å². The molecule has 0 saturated heterocycles. The maximum Gasteiger partial charge on any atom is 0.351 e. The number of ether oxygens (including phenoxy) is 1. The number of allylic oxidation sites excluding steroid dienone is 1. The summed E-state index contributed by atoms with van der Waals surface area (Å²) in [7, 11) is 0. The highest BCUT2D eigenvalue weighted by molar-refractivity contribution is 5.75. The van der Waals surface area contributed by atoms with E-state index in [1.54, 1.807) is 0 Å². The van der Waals surface area contributed by atoms with Crippen molar-refractivity contribution < 1.29 is 9.53 Å². The number of amides is 1. The Morgan fingerprint density at radius 3 is 2.83 bits per heavy atom. The molecule has 1 aliphatic rings. The molecule has 0 spiro atoms. The van der Waals surface area contributed by atoms with Crippen molar-refractivity contribution in [3.63, 3.8) is 0 Å². The number of benzene rings is 1. The van der Waals surface area contributed by atoms with Crippen LogP contribution in [-0.2, 0) is 11.3 Å². The molecule has 0 saturated carbocycles. The third kappa shape index (κ3) is 4.59. The van der Waals surface area contributed by atoms with E-state index in [4.69, 9.17) is 4.74 Å². The second-order valence-corrected chi connectivity index (χ2v) is 7.49. The van der Waals surface area contributed by atoms with Crippen molar-refractivity contribution in [2.24, 2.45) is 0 Å². The van der Waals surface area contributed by atoms with Gasteiger partial charge in [0.1, 0.15) is 12.3 Å². The van der Waals surface area contributed by atoms with Crippen molar-refractivity contribution in [1.82, 2.24) is 24.5 Å². The Morgan fingerprint density at radius 2 is 2.07 bits per heavy atom. The van der Waals surface area contributed by atoms with Crippen molar-refractivity contribution >= 4 is 11.6 Å². The first kappa shape index (κ1) is 19.9. The molecule has 0 unspecified atom stereocenters. The van der Waals surface area contributed by atoms with Gasteiger partial charge in [-0.2, -0.15) is 0 Å². The van der Waals surface area contributed by atoms with Crippen LogP contribution in [0.15, 0.2) is 53.1 Å². The Balaban J connectivity index is 1.44. The van der Waals surface area contributed by atoms with E-state index >= 15 is 0 Å². The minimum atomic E-state index is -0.411. The SMILES string of the molecule is Cc1ccc(Oc2nccn3c(=O)n(CC(=O)NCCC4=CCCCC4)nc23)cc1. The molecular weight excluding hydrogens is 382 g/mol. The first-order valence-electron chi connectivity index (χ1n) is 10.2. The first-order chi connectivity index (χ1) is 14.6. The summed E-state index contributed by atoms with van der Waals surface area (Å²) in [5.74, 6) is 0.561. The maximum atomic E-state index is 12.6. The van der Waals surface area contributed by atoms with Gasteiger partial charge in [-0.1, -0.05) is 29.3 Å². The number of nitrogens with one attached hydrogen (secondary N) is 1. The van der Waals surface area contributed by atoms with Crippen LogP contribution in [0.25, 0.3) is 5.65 Å². The zero-order valence-corrected chi connectivity index (χ0v) is 17.0. The van der Waals surface area contributed by atoms with Crippen LogP contribution in [0.1, 0.15) is 37.7 Å². The fourth-order valence-corrected chi connectivity index (χ4v) is 3.50. The molecule has 0 bridgehead atoms. The van der Waals surface area contributed by atoms with Crippen LogP contribution in [0.4, 0.5) is 0 Å². The number of rotatable bonds is 7. The lowest BCUT2D eigenvalue weighted by molar-refractivity contribution is -0.121. The molecule has 156 valence electrons. The van der Waals surface area contributed by atoms with Crippen molar-refractivity contribution in [1.29, 1.82) is 0 Å². The Hall–Kier alpha value is -3.42. The molecule has 0 radical (unpaired) electrons. The van der Waals surface area contributed by atoms with E-state index in [9.17, 15) is 9.59 Å². The quantitative estimate of drug-likeness (QED) is 0.608. The van der Waals surface area contributed by atoms with E-state index in [0.29, 0.717) is 12.3 Å². The van der Waals surface area contributed by atoms with Crippen LogP contribution in [-0.4, -0.2) is 31.6 Å². The van der Waals surface area contributed by atoms with E-state index in [1.165, 1.54) is 35.2 Å². The standard InChI is InChI=1S/C22H25N5O3/c1-16-7-9-18(10-8-16)30-21-20-25-27(22(29)26(20)14-13-24-21)15-19(28)23-12-11-17-5-3-2-4-6-17/h5,7-10,13-14H,2-4,6,11-12,15H2,1H3,(H,23,28). The molecule has 2 aromatic heterocycles. The molecule has 8 nitrogen and oxygen atoms in total. The van der Waals surface area contributed by atoms with Gasteiger partial charge in [-0.3, -0.25) is 4.79 Å². The third-order valence-corrected chi connectivity index (χ3v) is 5.15. The lowest BCUT2D eigenvalue weighted by Crippen LogP contribution is -2.33. The highest BCUT2D eigenvalue weighted by Crippen LogP contribution is 2.22. The van der Waals surface area contributed by atoms with Gasteiger partial charge in [0.2, 0.25) is 11.6 Å². The zero-order valence-electron chi connectivity index (χ0n) is 17.0. The number of carbonyl (C=O) groups is 1. The van der Waals surface area contributed by atoms with Crippen LogP contribution in [0.2, 0.25) is 0 Å². The summed E-state index contributed by atoms with van der Waals surface area (Å²) in [5.41, 5.74) is 2.37. The van der Waals surface area contributed by atoms with Crippen LogP contribution in [0.3, 0.4) is 0 Å². The molecule has 0 atom stereocenters. The van der Waals surface area contributed by atoms with E-state index in [2.05, 4.69) is 21.5 Å². The molecule has 4 rings (SSSR count). The fraction of sp³-hybridized carbons (Fsp3) is 0.364. The van der Waals surface area contributed by atoms with Crippen molar-refractivity contribution in [3.8, 4) is 11.6 Å². The highest BCUT2D eigenvalue weighted by Gasteiger charge is 2.15. The van der Waals surface area contributed by atoms with E-state index in [-0.39, 0.29) is 24.0 Å². The molecule has 0 fully saturated rings. The normalized spacial score (nSPS) is 13.8. The van der Waals surface area contributed by atoms with Gasteiger partial charge in [0.25, 0.3) is 5.88 Å². The Bertz CT molecular complexity index is 1130. The summed E-state index contributed by atoms with van der Waals surface area (Å²) in [6.07, 6.45) is 10.8. The van der Waals surface area contributed by atoms with Crippen molar-refractivity contribution in [3.05, 3.63) is 64.4 Å². The second-order valence-electron chi connectivity index (χ2n) is 7.49. The zero-order chi connectivity index (χ0) is 20.9. The summed E-state index contributed by atoms with van der Waals surface area (Å²) in [4.78, 5) is 29.1. The topological polar surface area (TPSA) is 90.5 Å². The van der Waals surface area contributed by atoms with Crippen LogP contribution in [0, 0.1) is 6.92 Å². The van der Waals surface area contributed by atoms with Gasteiger partial charge in [-0.15, -0.1) is 5.10 Å². The van der Waals surface area contributed by atoms with Crippen molar-refractivity contribution in [2.75, 3.05) is 6.54 Å².